The lowest BCUT2D eigenvalue weighted by molar-refractivity contribution is 0.415. The average Bonchev–Trinajstić information content (AvgIpc) is 3.15. The van der Waals surface area contributed by atoms with Gasteiger partial charge in [0, 0.05) is 17.0 Å². The number of nitrogens with zero attached hydrogens (tertiary/aromatic N) is 4. The van der Waals surface area contributed by atoms with Crippen molar-refractivity contribution in [2.45, 2.75) is 18.9 Å². The highest BCUT2D eigenvalue weighted by Crippen LogP contribution is 2.35. The third-order valence-electron chi connectivity index (χ3n) is 4.39. The molecule has 2 N–H and O–H groups in total. The van der Waals surface area contributed by atoms with E-state index in [0.717, 1.165) is 39.1 Å². The minimum Gasteiger partial charge on any atom is -0.497 e. The summed E-state index contributed by atoms with van der Waals surface area (Å²) in [6.07, 6.45) is 8.10. The fraction of sp³-hybridized carbons (Fsp3) is 0.235. The molecule has 0 unspecified atom stereocenters. The van der Waals surface area contributed by atoms with Crippen molar-refractivity contribution in [3.63, 3.8) is 0 Å². The second-order valence-corrected chi connectivity index (χ2v) is 6.07. The highest BCUT2D eigenvalue weighted by atomic mass is 16.5. The minimum atomic E-state index is 0.560. The van der Waals surface area contributed by atoms with Crippen LogP contribution in [0, 0.1) is 0 Å². The molecule has 7 nitrogen and oxygen atoms in total. The Balaban J connectivity index is 1.62. The number of rotatable bonds is 4. The lowest BCUT2D eigenvalue weighted by Crippen LogP contribution is -1.96. The number of pyridine rings is 1. The largest absolute Gasteiger partial charge is 0.497 e. The van der Waals surface area contributed by atoms with E-state index in [1.54, 1.807) is 7.11 Å². The normalized spacial score (nSPS) is 14.4. The highest BCUT2D eigenvalue weighted by Gasteiger charge is 2.24. The van der Waals surface area contributed by atoms with Crippen LogP contribution >= 0.6 is 0 Å². The summed E-state index contributed by atoms with van der Waals surface area (Å²) in [6.45, 7) is 0. The number of aromatic amines is 1. The molecule has 24 heavy (non-hydrogen) atoms. The zero-order chi connectivity index (χ0) is 16.1. The Kier molecular flexibility index (Phi) is 2.76. The molecule has 1 aromatic carbocycles. The van der Waals surface area contributed by atoms with Crippen LogP contribution < -0.4 is 10.1 Å². The molecule has 0 spiro atoms. The van der Waals surface area contributed by atoms with Gasteiger partial charge in [0.15, 0.2) is 5.82 Å². The predicted molar refractivity (Wildman–Crippen MR) is 91.7 cm³/mol. The summed E-state index contributed by atoms with van der Waals surface area (Å²) in [5, 5.41) is 17.0. The van der Waals surface area contributed by atoms with E-state index in [1.165, 1.54) is 12.8 Å². The summed E-state index contributed by atoms with van der Waals surface area (Å²) in [5.74, 6) is 1.55. The first-order valence-electron chi connectivity index (χ1n) is 7.94. The Morgan fingerprint density at radius 1 is 1.25 bits per heavy atom. The molecule has 3 heterocycles. The maximum absolute atomic E-state index is 5.32. The van der Waals surface area contributed by atoms with Crippen molar-refractivity contribution in [1.82, 2.24) is 25.0 Å². The quantitative estimate of drug-likeness (QED) is 0.602. The van der Waals surface area contributed by atoms with Gasteiger partial charge in [-0.15, -0.1) is 0 Å². The molecule has 0 aliphatic heterocycles. The fourth-order valence-corrected chi connectivity index (χ4v) is 2.97. The average molecular weight is 320 g/mol. The van der Waals surface area contributed by atoms with Crippen LogP contribution in [0.4, 0.5) is 11.5 Å². The first-order chi connectivity index (χ1) is 11.8. The molecule has 0 atom stereocenters. The summed E-state index contributed by atoms with van der Waals surface area (Å²) in [6, 6.07) is 6.41. The number of benzene rings is 1. The van der Waals surface area contributed by atoms with Crippen LogP contribution in [0.15, 0.2) is 36.8 Å². The Labute approximate surface area is 137 Å². The highest BCUT2D eigenvalue weighted by molar-refractivity contribution is 6.09. The van der Waals surface area contributed by atoms with E-state index in [-0.39, 0.29) is 0 Å². The van der Waals surface area contributed by atoms with Crippen molar-refractivity contribution in [2.24, 2.45) is 0 Å². The van der Waals surface area contributed by atoms with E-state index in [2.05, 4.69) is 20.6 Å². The van der Waals surface area contributed by atoms with Crippen LogP contribution in [-0.2, 0) is 0 Å². The van der Waals surface area contributed by atoms with Crippen molar-refractivity contribution in [3.05, 3.63) is 36.8 Å². The van der Waals surface area contributed by atoms with E-state index in [9.17, 15) is 0 Å². The van der Waals surface area contributed by atoms with Gasteiger partial charge < -0.3 is 10.1 Å². The van der Waals surface area contributed by atoms with Gasteiger partial charge >= 0.3 is 0 Å². The van der Waals surface area contributed by atoms with Gasteiger partial charge in [-0.25, -0.2) is 4.98 Å². The van der Waals surface area contributed by atoms with Crippen molar-refractivity contribution >= 4 is 33.3 Å². The zero-order valence-corrected chi connectivity index (χ0v) is 13.2. The lowest BCUT2D eigenvalue weighted by Gasteiger charge is -2.08. The molecule has 7 heteroatoms. The molecule has 1 fully saturated rings. The number of anilines is 2. The summed E-state index contributed by atoms with van der Waals surface area (Å²) < 4.78 is 7.33. The van der Waals surface area contributed by atoms with E-state index in [4.69, 9.17) is 9.72 Å². The number of hydrogen-bond acceptors (Lipinski definition) is 5. The first kappa shape index (κ1) is 13.4. The van der Waals surface area contributed by atoms with Crippen LogP contribution in [0.1, 0.15) is 18.9 Å². The Morgan fingerprint density at radius 2 is 2.17 bits per heavy atom. The van der Waals surface area contributed by atoms with Crippen molar-refractivity contribution in [3.8, 4) is 5.75 Å². The summed E-state index contributed by atoms with van der Waals surface area (Å²) in [4.78, 5) is 4.74. The molecule has 1 aliphatic rings. The minimum absolute atomic E-state index is 0.560. The number of ether oxygens (including phenoxy) is 1. The molecule has 1 aliphatic carbocycles. The number of H-pyrrole nitrogens is 1. The van der Waals surface area contributed by atoms with E-state index < -0.39 is 0 Å². The summed E-state index contributed by atoms with van der Waals surface area (Å²) in [7, 11) is 1.66. The molecule has 3 aromatic heterocycles. The van der Waals surface area contributed by atoms with Gasteiger partial charge in [-0.2, -0.15) is 10.2 Å². The first-order valence-corrected chi connectivity index (χ1v) is 7.94. The summed E-state index contributed by atoms with van der Waals surface area (Å²) in [5.41, 5.74) is 2.69. The van der Waals surface area contributed by atoms with E-state index in [1.807, 2.05) is 41.5 Å². The maximum Gasteiger partial charge on any atom is 0.157 e. The molecule has 0 bridgehead atoms. The lowest BCUT2D eigenvalue weighted by atomic mass is 10.1. The van der Waals surface area contributed by atoms with E-state index >= 15 is 0 Å². The monoisotopic (exact) mass is 320 g/mol. The standard InChI is InChI=1S/C17H16N6O/c1-24-12-4-5-15-13(6-12)14-8-18-22-16(14)17(21-15)20-10-7-19-23(9-10)11-2-3-11/h4-9,11H,2-3H2,1H3,(H,18,22)(H,20,21). The van der Waals surface area contributed by atoms with Gasteiger partial charge in [0.2, 0.25) is 0 Å². The SMILES string of the molecule is COc1ccc2nc(Nc3cnn(C4CC4)c3)c3[nH]ncc3c2c1. The zero-order valence-electron chi connectivity index (χ0n) is 13.2. The van der Waals surface area contributed by atoms with Crippen LogP contribution in [0.5, 0.6) is 5.75 Å². The summed E-state index contributed by atoms with van der Waals surface area (Å²) >= 11 is 0. The third kappa shape index (κ3) is 2.09. The number of aromatic nitrogens is 5. The molecule has 0 radical (unpaired) electrons. The molecule has 1 saturated carbocycles. The van der Waals surface area contributed by atoms with Gasteiger partial charge in [0.05, 0.1) is 36.7 Å². The van der Waals surface area contributed by atoms with Crippen LogP contribution in [0.3, 0.4) is 0 Å². The van der Waals surface area contributed by atoms with E-state index in [0.29, 0.717) is 6.04 Å². The predicted octanol–water partition coefficient (Wildman–Crippen LogP) is 3.39. The Morgan fingerprint density at radius 3 is 3.00 bits per heavy atom. The van der Waals surface area contributed by atoms with Gasteiger partial charge in [0.25, 0.3) is 0 Å². The van der Waals surface area contributed by atoms with Gasteiger partial charge in [0.1, 0.15) is 11.3 Å². The molecule has 120 valence electrons. The van der Waals surface area contributed by atoms with Crippen molar-refractivity contribution < 1.29 is 4.74 Å². The molecule has 4 aromatic rings. The second-order valence-electron chi connectivity index (χ2n) is 6.07. The van der Waals surface area contributed by atoms with Crippen molar-refractivity contribution in [1.29, 1.82) is 0 Å². The number of hydrogen-bond donors (Lipinski definition) is 2. The van der Waals surface area contributed by atoms with Crippen molar-refractivity contribution in [2.75, 3.05) is 12.4 Å². The number of nitrogens with one attached hydrogen (secondary N) is 2. The molecule has 0 amide bonds. The Hall–Kier alpha value is -3.09. The van der Waals surface area contributed by atoms with Crippen LogP contribution in [-0.4, -0.2) is 32.1 Å². The smallest absolute Gasteiger partial charge is 0.157 e. The molecular weight excluding hydrogens is 304 g/mol. The molecule has 0 saturated heterocycles. The number of methoxy groups -OCH3 is 1. The van der Waals surface area contributed by atoms with Crippen LogP contribution in [0.2, 0.25) is 0 Å². The topological polar surface area (TPSA) is 80.6 Å². The van der Waals surface area contributed by atoms with Gasteiger partial charge in [-0.05, 0) is 31.0 Å². The Bertz CT molecular complexity index is 1050. The maximum atomic E-state index is 5.32. The van der Waals surface area contributed by atoms with Gasteiger partial charge in [-0.1, -0.05) is 0 Å². The fourth-order valence-electron chi connectivity index (χ4n) is 2.97. The second kappa shape index (κ2) is 4.95. The van der Waals surface area contributed by atoms with Crippen LogP contribution in [0.25, 0.3) is 21.8 Å². The van der Waals surface area contributed by atoms with Gasteiger partial charge in [-0.3, -0.25) is 9.78 Å². The number of fused-ring (bicyclic) bond motifs is 3. The molecular formula is C17H16N6O. The molecule has 5 rings (SSSR count). The third-order valence-corrected chi connectivity index (χ3v) is 4.39.